The maximum absolute atomic E-state index is 11.2. The highest BCUT2D eigenvalue weighted by atomic mass is 32.1. The van der Waals surface area contributed by atoms with Crippen LogP contribution in [0.15, 0.2) is 206 Å². The van der Waals surface area contributed by atoms with Gasteiger partial charge in [0.25, 0.3) is 0 Å². The number of rotatable bonds is 6. The molecule has 7 heteroatoms. The summed E-state index contributed by atoms with van der Waals surface area (Å²) >= 11 is 1.75. The van der Waals surface area contributed by atoms with Crippen molar-refractivity contribution in [1.29, 1.82) is 5.26 Å². The lowest BCUT2D eigenvalue weighted by atomic mass is 10.0. The zero-order chi connectivity index (χ0) is 47.4. The number of thiophene rings is 1. The van der Waals surface area contributed by atoms with Crippen molar-refractivity contribution in [2.75, 3.05) is 0 Å². The topological polar surface area (TPSA) is 72.3 Å². The Hall–Kier alpha value is -8.70. The number of fused-ring (bicyclic) bond motifs is 10. The first-order chi connectivity index (χ1) is 34.2. The summed E-state index contributed by atoms with van der Waals surface area (Å²) in [4.78, 5) is 15.4. The monoisotopic (exact) mass is 851 g/mol. The van der Waals surface area contributed by atoms with Crippen molar-refractivity contribution in [3.8, 4) is 62.7 Å². The Morgan fingerprint density at radius 3 is 1.85 bits per heavy atom. The summed E-state index contributed by atoms with van der Waals surface area (Å²) in [5.41, 5.74) is 8.49. The van der Waals surface area contributed by atoms with Gasteiger partial charge in [0.1, 0.15) is 6.07 Å². The van der Waals surface area contributed by atoms with Gasteiger partial charge in [-0.25, -0.2) is 15.0 Å². The molecule has 0 atom stereocenters. The lowest BCUT2D eigenvalue weighted by Crippen LogP contribution is -2.02. The van der Waals surface area contributed by atoms with E-state index in [1.807, 2.05) is 103 Å². The third kappa shape index (κ3) is 5.89. The predicted octanol–water partition coefficient (Wildman–Crippen LogP) is 15.0. The highest BCUT2D eigenvalue weighted by molar-refractivity contribution is 7.25. The van der Waals surface area contributed by atoms with Crippen LogP contribution >= 0.6 is 11.3 Å². The molecule has 0 saturated carbocycles. The fourth-order valence-electron chi connectivity index (χ4n) is 9.41. The minimum Gasteiger partial charge on any atom is -0.309 e. The van der Waals surface area contributed by atoms with Crippen molar-refractivity contribution < 1.29 is 6.85 Å². The maximum Gasteiger partial charge on any atom is 0.164 e. The van der Waals surface area contributed by atoms with E-state index in [0.717, 1.165) is 60.2 Å². The SMILES string of the molecule is [2H]c1c([2H])c([2H])c(-n2c3ccccc3c3c2ccc2c4ccccc4n(-c4ccc(-c5nc(-c6cccc(-c7ccccc7)c6)nc(-c6ccc7sc8ccccc8c7c6)n5)cc4C#N)c23)c([2H])c1[2H]. The molecule has 302 valence electrons. The van der Waals surface area contributed by atoms with E-state index < -0.39 is 18.1 Å². The molecule has 0 aliphatic carbocycles. The number of benzene rings is 9. The minimum atomic E-state index is -0.454. The summed E-state index contributed by atoms with van der Waals surface area (Å²) in [5.74, 6) is 1.41. The van der Waals surface area contributed by atoms with Crippen LogP contribution in [0.1, 0.15) is 12.4 Å². The average Bonchev–Trinajstić information content (AvgIpc) is 4.07. The van der Waals surface area contributed by atoms with E-state index in [1.54, 1.807) is 15.9 Å². The van der Waals surface area contributed by atoms with Gasteiger partial charge in [-0.3, -0.25) is 0 Å². The molecule has 0 bridgehead atoms. The number of nitriles is 1. The zero-order valence-corrected chi connectivity index (χ0v) is 35.2. The molecule has 4 aromatic heterocycles. The molecule has 0 aliphatic rings. The lowest BCUT2D eigenvalue weighted by molar-refractivity contribution is 1.07. The third-order valence-corrected chi connectivity index (χ3v) is 13.4. The van der Waals surface area contributed by atoms with Gasteiger partial charge in [-0.2, -0.15) is 5.26 Å². The standard InChI is InChI=1S/C58H34N6S/c59-35-41-33-39(26-29-48(41)64-49-23-10-7-20-43(49)45-28-30-51-54(55(45)64)46-22-8-11-24-50(46)63(51)42-18-5-2-6-19-42)57-60-56(38-17-13-16-37(32-38)36-14-3-1-4-15-36)61-58(62-57)40-27-31-53-47(34-40)44-21-9-12-25-52(44)65-53/h1-34H/i2D,5D,6D,18D,19D. The largest absolute Gasteiger partial charge is 0.309 e. The van der Waals surface area contributed by atoms with Crippen molar-refractivity contribution in [3.05, 3.63) is 212 Å². The Morgan fingerprint density at radius 1 is 0.446 bits per heavy atom. The molecule has 0 fully saturated rings. The van der Waals surface area contributed by atoms with Crippen molar-refractivity contribution in [2.24, 2.45) is 0 Å². The van der Waals surface area contributed by atoms with E-state index in [1.165, 1.54) is 14.8 Å². The van der Waals surface area contributed by atoms with Crippen LogP contribution in [0.4, 0.5) is 0 Å². The first-order valence-electron chi connectivity index (χ1n) is 23.7. The van der Waals surface area contributed by atoms with Crippen LogP contribution in [0.25, 0.3) is 120 Å². The molecule has 0 radical (unpaired) electrons. The molecule has 13 aromatic rings. The molecule has 6 nitrogen and oxygen atoms in total. The normalized spacial score (nSPS) is 12.8. The fourth-order valence-corrected chi connectivity index (χ4v) is 10.5. The second-order valence-corrected chi connectivity index (χ2v) is 17.0. The number of para-hydroxylation sites is 3. The molecule has 13 rings (SSSR count). The van der Waals surface area contributed by atoms with Crippen LogP contribution in [0, 0.1) is 11.3 Å². The van der Waals surface area contributed by atoms with Crippen molar-refractivity contribution in [3.63, 3.8) is 0 Å². The van der Waals surface area contributed by atoms with Gasteiger partial charge < -0.3 is 9.13 Å². The smallest absolute Gasteiger partial charge is 0.164 e. The highest BCUT2D eigenvalue weighted by Crippen LogP contribution is 2.43. The molecule has 0 aliphatic heterocycles. The Labute approximate surface area is 384 Å². The molecule has 9 aromatic carbocycles. The van der Waals surface area contributed by atoms with Crippen LogP contribution in [0.5, 0.6) is 0 Å². The number of aromatic nitrogens is 5. The molecule has 0 unspecified atom stereocenters. The first kappa shape index (κ1) is 32.0. The predicted molar refractivity (Wildman–Crippen MR) is 268 cm³/mol. The van der Waals surface area contributed by atoms with Gasteiger partial charge >= 0.3 is 0 Å². The Bertz CT molecular complexity index is 4370. The van der Waals surface area contributed by atoms with Crippen LogP contribution in [-0.2, 0) is 0 Å². The summed E-state index contributed by atoms with van der Waals surface area (Å²) in [6.45, 7) is 0. The summed E-state index contributed by atoms with van der Waals surface area (Å²) in [6, 6.07) is 59.2. The molecule has 4 heterocycles. The molecule has 0 N–H and O–H groups in total. The number of hydrogen-bond acceptors (Lipinski definition) is 5. The fraction of sp³-hybridized carbons (Fsp3) is 0. The quantitative estimate of drug-likeness (QED) is 0.167. The molecular weight excluding hydrogens is 813 g/mol. The maximum atomic E-state index is 11.2. The van der Waals surface area contributed by atoms with Gasteiger partial charge in [-0.05, 0) is 89.9 Å². The highest BCUT2D eigenvalue weighted by Gasteiger charge is 2.23. The van der Waals surface area contributed by atoms with E-state index in [-0.39, 0.29) is 17.8 Å². The lowest BCUT2D eigenvalue weighted by Gasteiger charge is -2.13. The molecule has 0 saturated heterocycles. The van der Waals surface area contributed by atoms with Crippen LogP contribution in [0.3, 0.4) is 0 Å². The van der Waals surface area contributed by atoms with Gasteiger partial charge in [0.05, 0.1) is 40.2 Å². The van der Waals surface area contributed by atoms with Gasteiger partial charge in [0.2, 0.25) is 0 Å². The number of hydrogen-bond donors (Lipinski definition) is 0. The van der Waals surface area contributed by atoms with E-state index in [0.29, 0.717) is 45.3 Å². The second-order valence-electron chi connectivity index (χ2n) is 15.9. The molecule has 65 heavy (non-hydrogen) atoms. The molecular formula is C58H34N6S. The third-order valence-electron chi connectivity index (χ3n) is 12.3. The van der Waals surface area contributed by atoms with Gasteiger partial charge in [0, 0.05) is 64.1 Å². The van der Waals surface area contributed by atoms with E-state index in [2.05, 4.69) is 83.4 Å². The summed E-state index contributed by atoms with van der Waals surface area (Å²) in [5, 5.41) is 17.0. The first-order valence-corrected chi connectivity index (χ1v) is 22.0. The van der Waals surface area contributed by atoms with Gasteiger partial charge in [-0.15, -0.1) is 11.3 Å². The molecule has 0 amide bonds. The summed E-state index contributed by atoms with van der Waals surface area (Å²) < 4.78 is 49.7. The van der Waals surface area contributed by atoms with E-state index >= 15 is 0 Å². The van der Waals surface area contributed by atoms with E-state index in [4.69, 9.17) is 21.8 Å². The second kappa shape index (κ2) is 14.7. The summed E-state index contributed by atoms with van der Waals surface area (Å²) in [7, 11) is 0. The summed E-state index contributed by atoms with van der Waals surface area (Å²) in [6.07, 6.45) is 0. The van der Waals surface area contributed by atoms with Gasteiger partial charge in [0.15, 0.2) is 17.5 Å². The molecule has 0 spiro atoms. The average molecular weight is 852 g/mol. The Balaban J connectivity index is 1.04. The van der Waals surface area contributed by atoms with Crippen LogP contribution < -0.4 is 0 Å². The van der Waals surface area contributed by atoms with Crippen molar-refractivity contribution in [1.82, 2.24) is 24.1 Å². The minimum absolute atomic E-state index is 0.0627. The van der Waals surface area contributed by atoms with E-state index in [9.17, 15) is 5.26 Å². The van der Waals surface area contributed by atoms with Gasteiger partial charge in [-0.1, -0.05) is 127 Å². The van der Waals surface area contributed by atoms with Crippen LogP contribution in [-0.4, -0.2) is 24.1 Å². The van der Waals surface area contributed by atoms with Crippen molar-refractivity contribution >= 4 is 75.1 Å². The van der Waals surface area contributed by atoms with Crippen LogP contribution in [0.2, 0.25) is 0 Å². The zero-order valence-electron chi connectivity index (χ0n) is 39.3. The van der Waals surface area contributed by atoms with Crippen molar-refractivity contribution in [2.45, 2.75) is 0 Å². The Kier molecular flexibility index (Phi) is 7.25. The number of nitrogens with zero attached hydrogens (tertiary/aromatic N) is 6. The Morgan fingerprint density at radius 2 is 1.06 bits per heavy atom.